The fourth-order valence-electron chi connectivity index (χ4n) is 3.71. The first-order valence-electron chi connectivity index (χ1n) is 9.79. The molecule has 0 N–H and O–H groups in total. The summed E-state index contributed by atoms with van der Waals surface area (Å²) in [5.41, 5.74) is 8.04. The third-order valence-electron chi connectivity index (χ3n) is 5.14. The Morgan fingerprint density at radius 1 is 1.00 bits per heavy atom. The number of hydrogen-bond donors (Lipinski definition) is 0. The second-order valence-corrected chi connectivity index (χ2v) is 7.35. The Kier molecular flexibility index (Phi) is 5.36. The minimum atomic E-state index is 0.665. The summed E-state index contributed by atoms with van der Waals surface area (Å²) in [5.74, 6) is 3.68. The van der Waals surface area contributed by atoms with Gasteiger partial charge in [0.1, 0.15) is 11.4 Å². The largest absolute Gasteiger partial charge is 0.497 e. The summed E-state index contributed by atoms with van der Waals surface area (Å²) in [5, 5.41) is 8.82. The van der Waals surface area contributed by atoms with Crippen LogP contribution in [0.15, 0.2) is 66.9 Å². The monoisotopic (exact) mass is 393 g/mol. The third kappa shape index (κ3) is 3.83. The fourth-order valence-corrected chi connectivity index (χ4v) is 3.71. The zero-order chi connectivity index (χ0) is 21.1. The molecule has 0 aliphatic heterocycles. The van der Waals surface area contributed by atoms with E-state index < -0.39 is 0 Å². The molecule has 1 aromatic heterocycles. The minimum absolute atomic E-state index is 0.665. The van der Waals surface area contributed by atoms with Gasteiger partial charge in [-0.15, -0.1) is 11.5 Å². The Bertz CT molecular complexity index is 1230. The van der Waals surface area contributed by atoms with Gasteiger partial charge in [-0.2, -0.15) is 0 Å². The second-order valence-electron chi connectivity index (χ2n) is 7.35. The van der Waals surface area contributed by atoms with E-state index in [9.17, 15) is 0 Å². The van der Waals surface area contributed by atoms with Gasteiger partial charge in [-0.05, 0) is 60.4 Å². The zero-order valence-corrected chi connectivity index (χ0v) is 17.4. The van der Waals surface area contributed by atoms with Crippen LogP contribution in [-0.2, 0) is 6.54 Å². The molecule has 0 spiro atoms. The zero-order valence-electron chi connectivity index (χ0n) is 17.4. The molecule has 1 heterocycles. The highest BCUT2D eigenvalue weighted by Gasteiger charge is 2.17. The summed E-state index contributed by atoms with van der Waals surface area (Å²) < 4.78 is 7.22. The van der Waals surface area contributed by atoms with Crippen LogP contribution in [0.5, 0.6) is 5.75 Å². The summed E-state index contributed by atoms with van der Waals surface area (Å²) in [7, 11) is 1.67. The van der Waals surface area contributed by atoms with Crippen LogP contribution in [0.25, 0.3) is 22.4 Å². The van der Waals surface area contributed by atoms with E-state index in [1.807, 2.05) is 54.2 Å². The first-order chi connectivity index (χ1) is 14.6. The molecule has 0 fully saturated rings. The van der Waals surface area contributed by atoms with Crippen molar-refractivity contribution in [1.82, 2.24) is 15.0 Å². The molecule has 0 unspecified atom stereocenters. The molecular formula is C26H23N3O. The molecule has 4 heteroatoms. The topological polar surface area (TPSA) is 39.9 Å². The lowest BCUT2D eigenvalue weighted by molar-refractivity contribution is 0.414. The van der Waals surface area contributed by atoms with Gasteiger partial charge in [-0.3, -0.25) is 0 Å². The minimum Gasteiger partial charge on any atom is -0.497 e. The molecular weight excluding hydrogens is 370 g/mol. The number of methoxy groups -OCH3 is 1. The number of aryl methyl sites for hydroxylation is 2. The maximum absolute atomic E-state index is 5.90. The van der Waals surface area contributed by atoms with E-state index in [2.05, 4.69) is 47.4 Å². The van der Waals surface area contributed by atoms with Crippen molar-refractivity contribution >= 4 is 0 Å². The average molecular weight is 393 g/mol. The molecule has 0 atom stereocenters. The SMILES string of the molecule is C#Cc1cc(C)cc(-c2cn(Cc3ccccc3)nn2)c1-c1ccc(OC)cc1C. The van der Waals surface area contributed by atoms with E-state index >= 15 is 0 Å². The fraction of sp³-hybridized carbons (Fsp3) is 0.154. The molecule has 0 radical (unpaired) electrons. The molecule has 30 heavy (non-hydrogen) atoms. The lowest BCUT2D eigenvalue weighted by Crippen LogP contribution is -1.99. The van der Waals surface area contributed by atoms with Crippen molar-refractivity contribution in [1.29, 1.82) is 0 Å². The first kappa shape index (κ1) is 19.5. The number of aromatic nitrogens is 3. The molecule has 4 nitrogen and oxygen atoms in total. The van der Waals surface area contributed by atoms with Gasteiger partial charge >= 0.3 is 0 Å². The summed E-state index contributed by atoms with van der Waals surface area (Å²) >= 11 is 0. The number of hydrogen-bond acceptors (Lipinski definition) is 3. The van der Waals surface area contributed by atoms with Crippen molar-refractivity contribution in [2.45, 2.75) is 20.4 Å². The molecule has 0 amide bonds. The quantitative estimate of drug-likeness (QED) is 0.434. The van der Waals surface area contributed by atoms with Gasteiger partial charge in [0.05, 0.1) is 19.9 Å². The van der Waals surface area contributed by atoms with Crippen molar-refractivity contribution in [3.05, 3.63) is 89.1 Å². The summed E-state index contributed by atoms with van der Waals surface area (Å²) in [4.78, 5) is 0. The lowest BCUT2D eigenvalue weighted by atomic mass is 9.89. The summed E-state index contributed by atoms with van der Waals surface area (Å²) in [6.45, 7) is 4.77. The van der Waals surface area contributed by atoms with Crippen LogP contribution >= 0.6 is 0 Å². The van der Waals surface area contributed by atoms with Crippen molar-refractivity contribution in [2.75, 3.05) is 7.11 Å². The number of nitrogens with zero attached hydrogens (tertiary/aromatic N) is 3. The molecule has 0 aliphatic carbocycles. The Balaban J connectivity index is 1.83. The molecule has 4 aromatic rings. The molecule has 0 saturated carbocycles. The molecule has 0 aliphatic rings. The number of ether oxygens (including phenoxy) is 1. The molecule has 4 rings (SSSR count). The summed E-state index contributed by atoms with van der Waals surface area (Å²) in [6.07, 6.45) is 7.88. The van der Waals surface area contributed by atoms with Crippen LogP contribution in [0, 0.1) is 26.2 Å². The van der Waals surface area contributed by atoms with Gasteiger partial charge in [0.15, 0.2) is 0 Å². The van der Waals surface area contributed by atoms with Gasteiger partial charge in [-0.25, -0.2) is 4.68 Å². The van der Waals surface area contributed by atoms with E-state index in [1.165, 1.54) is 5.56 Å². The van der Waals surface area contributed by atoms with E-state index in [0.717, 1.165) is 44.8 Å². The van der Waals surface area contributed by atoms with Crippen molar-refractivity contribution < 1.29 is 4.74 Å². The van der Waals surface area contributed by atoms with Crippen LogP contribution in [0.2, 0.25) is 0 Å². The lowest BCUT2D eigenvalue weighted by Gasteiger charge is -2.15. The highest BCUT2D eigenvalue weighted by molar-refractivity contribution is 5.88. The summed E-state index contributed by atoms with van der Waals surface area (Å²) in [6, 6.07) is 20.4. The second kappa shape index (κ2) is 8.26. The molecule has 148 valence electrons. The number of terminal acetylenes is 1. The average Bonchev–Trinajstić information content (AvgIpc) is 3.22. The van der Waals surface area contributed by atoms with Gasteiger partial charge in [0.25, 0.3) is 0 Å². The number of rotatable bonds is 5. The Labute approximate surface area is 177 Å². The predicted molar refractivity (Wildman–Crippen MR) is 120 cm³/mol. The van der Waals surface area contributed by atoms with Gasteiger partial charge in [0, 0.05) is 16.7 Å². The Morgan fingerprint density at radius 3 is 2.50 bits per heavy atom. The van der Waals surface area contributed by atoms with E-state index in [-0.39, 0.29) is 0 Å². The smallest absolute Gasteiger partial charge is 0.119 e. The van der Waals surface area contributed by atoms with Gasteiger partial charge in [0.2, 0.25) is 0 Å². The van der Waals surface area contributed by atoms with Crippen LogP contribution in [0.3, 0.4) is 0 Å². The van der Waals surface area contributed by atoms with Crippen molar-refractivity contribution in [2.24, 2.45) is 0 Å². The van der Waals surface area contributed by atoms with E-state index in [4.69, 9.17) is 11.2 Å². The normalized spacial score (nSPS) is 10.6. The maximum Gasteiger partial charge on any atom is 0.119 e. The van der Waals surface area contributed by atoms with Crippen LogP contribution in [0.1, 0.15) is 22.3 Å². The molecule has 3 aromatic carbocycles. The Morgan fingerprint density at radius 2 is 1.80 bits per heavy atom. The van der Waals surface area contributed by atoms with Crippen LogP contribution in [-0.4, -0.2) is 22.1 Å². The van der Waals surface area contributed by atoms with Crippen LogP contribution in [0.4, 0.5) is 0 Å². The third-order valence-corrected chi connectivity index (χ3v) is 5.14. The van der Waals surface area contributed by atoms with E-state index in [0.29, 0.717) is 6.54 Å². The van der Waals surface area contributed by atoms with E-state index in [1.54, 1.807) is 7.11 Å². The van der Waals surface area contributed by atoms with Gasteiger partial charge in [-0.1, -0.05) is 47.5 Å². The number of benzene rings is 3. The standard InChI is InChI=1S/C26H23N3O/c1-5-21-13-18(2)14-24(26(21)23-12-11-22(30-4)15-19(23)3)25-17-29(28-27-25)16-20-9-7-6-8-10-20/h1,6-15,17H,16H2,2-4H3. The Hall–Kier alpha value is -3.84. The molecule has 0 bridgehead atoms. The van der Waals surface area contributed by atoms with Crippen molar-refractivity contribution in [3.63, 3.8) is 0 Å². The molecule has 0 saturated heterocycles. The van der Waals surface area contributed by atoms with Crippen molar-refractivity contribution in [3.8, 4) is 40.5 Å². The predicted octanol–water partition coefficient (Wildman–Crippen LogP) is 5.27. The maximum atomic E-state index is 5.90. The van der Waals surface area contributed by atoms with Gasteiger partial charge < -0.3 is 4.74 Å². The first-order valence-corrected chi connectivity index (χ1v) is 9.79. The van der Waals surface area contributed by atoms with Crippen LogP contribution < -0.4 is 4.74 Å². The highest BCUT2D eigenvalue weighted by atomic mass is 16.5. The highest BCUT2D eigenvalue weighted by Crippen LogP contribution is 2.37.